The molecule has 1 unspecified atom stereocenters. The van der Waals surface area contributed by atoms with E-state index in [9.17, 15) is 0 Å². The van der Waals surface area contributed by atoms with Crippen LogP contribution in [0.3, 0.4) is 0 Å². The van der Waals surface area contributed by atoms with Crippen LogP contribution < -0.4 is 10.1 Å². The van der Waals surface area contributed by atoms with E-state index < -0.39 is 0 Å². The molecule has 1 aromatic carbocycles. The van der Waals surface area contributed by atoms with E-state index in [1.165, 1.54) is 43.4 Å². The number of aryl methyl sites for hydroxylation is 1. The van der Waals surface area contributed by atoms with E-state index in [1.54, 1.807) is 0 Å². The van der Waals surface area contributed by atoms with Crippen LogP contribution in [0.1, 0.15) is 52.0 Å². The molecule has 1 N–H and O–H groups in total. The summed E-state index contributed by atoms with van der Waals surface area (Å²) in [6, 6.07) is 6.46. The van der Waals surface area contributed by atoms with Gasteiger partial charge in [0, 0.05) is 12.0 Å². The molecule has 1 fully saturated rings. The van der Waals surface area contributed by atoms with Crippen LogP contribution in [-0.4, -0.2) is 13.2 Å². The highest BCUT2D eigenvalue weighted by atomic mass is 16.5. The molecular weight excluding hydrogens is 246 g/mol. The molecule has 2 nitrogen and oxygen atoms in total. The minimum Gasteiger partial charge on any atom is -0.491 e. The lowest BCUT2D eigenvalue weighted by molar-refractivity contribution is 0.154. The lowest BCUT2D eigenvalue weighted by Crippen LogP contribution is -2.24. The van der Waals surface area contributed by atoms with E-state index in [0.29, 0.717) is 10.8 Å². The minimum absolute atomic E-state index is 0.334. The van der Waals surface area contributed by atoms with Crippen molar-refractivity contribution in [2.24, 2.45) is 10.8 Å². The molecule has 2 heteroatoms. The van der Waals surface area contributed by atoms with Gasteiger partial charge in [-0.05, 0) is 49.1 Å². The first-order valence-electron chi connectivity index (χ1n) is 7.96. The van der Waals surface area contributed by atoms with Crippen molar-refractivity contribution in [1.82, 2.24) is 0 Å². The van der Waals surface area contributed by atoms with E-state index in [1.807, 2.05) is 0 Å². The van der Waals surface area contributed by atoms with Crippen LogP contribution in [0.4, 0.5) is 5.69 Å². The summed E-state index contributed by atoms with van der Waals surface area (Å²) >= 11 is 0. The van der Waals surface area contributed by atoms with Crippen LogP contribution >= 0.6 is 0 Å². The van der Waals surface area contributed by atoms with Gasteiger partial charge in [0.15, 0.2) is 0 Å². The second kappa shape index (κ2) is 4.98. The number of nitrogens with one attached hydrogen (secondary N) is 1. The maximum absolute atomic E-state index is 6.22. The largest absolute Gasteiger partial charge is 0.491 e. The van der Waals surface area contributed by atoms with E-state index in [4.69, 9.17) is 4.74 Å². The van der Waals surface area contributed by atoms with Crippen LogP contribution in [0.15, 0.2) is 18.2 Å². The van der Waals surface area contributed by atoms with E-state index in [2.05, 4.69) is 44.3 Å². The summed E-state index contributed by atoms with van der Waals surface area (Å²) in [5, 5.41) is 3.51. The van der Waals surface area contributed by atoms with Crippen molar-refractivity contribution in [3.05, 3.63) is 23.8 Å². The molecule has 1 aromatic rings. The molecule has 1 atom stereocenters. The van der Waals surface area contributed by atoms with Crippen molar-refractivity contribution < 1.29 is 4.74 Å². The lowest BCUT2D eigenvalue weighted by Gasteiger charge is -2.28. The topological polar surface area (TPSA) is 21.3 Å². The Kier molecular flexibility index (Phi) is 3.43. The van der Waals surface area contributed by atoms with Gasteiger partial charge in [-0.2, -0.15) is 0 Å². The van der Waals surface area contributed by atoms with Gasteiger partial charge in [0.2, 0.25) is 0 Å². The quantitative estimate of drug-likeness (QED) is 0.866. The van der Waals surface area contributed by atoms with E-state index >= 15 is 0 Å². The Balaban J connectivity index is 1.70. The average molecular weight is 273 g/mol. The summed E-state index contributed by atoms with van der Waals surface area (Å²) in [5.41, 5.74) is 3.46. The highest BCUT2D eigenvalue weighted by Crippen LogP contribution is 2.49. The van der Waals surface area contributed by atoms with Crippen LogP contribution in [0.2, 0.25) is 0 Å². The number of anilines is 1. The number of hydrogen-bond acceptors (Lipinski definition) is 2. The third-order valence-electron chi connectivity index (χ3n) is 4.92. The normalized spacial score (nSPS) is 27.8. The molecule has 2 aliphatic rings. The SMILES string of the molecule is CC1(C)CCC(C)(COc2cccc3c2NCCC3)C1. The number of para-hydroxylation sites is 1. The summed E-state index contributed by atoms with van der Waals surface area (Å²) in [5.74, 6) is 1.05. The fraction of sp³-hybridized carbons (Fsp3) is 0.667. The molecule has 1 heterocycles. The van der Waals surface area contributed by atoms with Gasteiger partial charge in [0.05, 0.1) is 12.3 Å². The van der Waals surface area contributed by atoms with Gasteiger partial charge in [-0.1, -0.05) is 32.9 Å². The summed E-state index contributed by atoms with van der Waals surface area (Å²) in [7, 11) is 0. The van der Waals surface area contributed by atoms with Crippen molar-refractivity contribution in [3.8, 4) is 5.75 Å². The minimum atomic E-state index is 0.334. The monoisotopic (exact) mass is 273 g/mol. The molecule has 0 bridgehead atoms. The van der Waals surface area contributed by atoms with Gasteiger partial charge in [-0.25, -0.2) is 0 Å². The number of rotatable bonds is 3. The molecule has 0 saturated heterocycles. The molecule has 3 rings (SSSR count). The van der Waals surface area contributed by atoms with Gasteiger partial charge in [0.1, 0.15) is 5.75 Å². The van der Waals surface area contributed by atoms with Crippen molar-refractivity contribution in [2.75, 3.05) is 18.5 Å². The summed E-state index contributed by atoms with van der Waals surface area (Å²) in [4.78, 5) is 0. The second-order valence-electron chi connectivity index (χ2n) is 7.76. The van der Waals surface area contributed by atoms with Gasteiger partial charge < -0.3 is 10.1 Å². The number of benzene rings is 1. The van der Waals surface area contributed by atoms with Crippen LogP contribution in [-0.2, 0) is 6.42 Å². The third kappa shape index (κ3) is 2.79. The van der Waals surface area contributed by atoms with Gasteiger partial charge in [-0.3, -0.25) is 0 Å². The Morgan fingerprint density at radius 2 is 2.05 bits per heavy atom. The van der Waals surface area contributed by atoms with Crippen molar-refractivity contribution in [3.63, 3.8) is 0 Å². The Hall–Kier alpha value is -1.18. The van der Waals surface area contributed by atoms with E-state index in [0.717, 1.165) is 18.9 Å². The van der Waals surface area contributed by atoms with E-state index in [-0.39, 0.29) is 0 Å². The highest BCUT2D eigenvalue weighted by Gasteiger charge is 2.40. The molecule has 0 spiro atoms. The van der Waals surface area contributed by atoms with Crippen molar-refractivity contribution in [2.45, 2.75) is 52.9 Å². The Morgan fingerprint density at radius 3 is 2.80 bits per heavy atom. The number of fused-ring (bicyclic) bond motifs is 1. The van der Waals surface area contributed by atoms with Crippen molar-refractivity contribution in [1.29, 1.82) is 0 Å². The lowest BCUT2D eigenvalue weighted by atomic mass is 9.84. The first-order chi connectivity index (χ1) is 9.48. The zero-order valence-electron chi connectivity index (χ0n) is 13.1. The second-order valence-corrected chi connectivity index (χ2v) is 7.76. The molecule has 20 heavy (non-hydrogen) atoms. The zero-order chi connectivity index (χ0) is 14.2. The van der Waals surface area contributed by atoms with Gasteiger partial charge in [0.25, 0.3) is 0 Å². The molecule has 1 aliphatic carbocycles. The smallest absolute Gasteiger partial charge is 0.142 e. The summed E-state index contributed by atoms with van der Waals surface area (Å²) in [6.45, 7) is 9.05. The zero-order valence-corrected chi connectivity index (χ0v) is 13.1. The maximum Gasteiger partial charge on any atom is 0.142 e. The molecule has 1 saturated carbocycles. The summed E-state index contributed by atoms with van der Waals surface area (Å²) < 4.78 is 6.22. The Labute approximate surface area is 122 Å². The molecule has 110 valence electrons. The predicted molar refractivity (Wildman–Crippen MR) is 84.5 cm³/mol. The predicted octanol–water partition coefficient (Wildman–Crippen LogP) is 4.64. The molecule has 0 amide bonds. The van der Waals surface area contributed by atoms with Gasteiger partial charge in [-0.15, -0.1) is 0 Å². The molecule has 1 aliphatic heterocycles. The Bertz CT molecular complexity index is 494. The third-order valence-corrected chi connectivity index (χ3v) is 4.92. The fourth-order valence-corrected chi connectivity index (χ4v) is 3.95. The van der Waals surface area contributed by atoms with Crippen LogP contribution in [0.5, 0.6) is 5.75 Å². The van der Waals surface area contributed by atoms with Crippen LogP contribution in [0, 0.1) is 10.8 Å². The Morgan fingerprint density at radius 1 is 1.20 bits per heavy atom. The maximum atomic E-state index is 6.22. The fourth-order valence-electron chi connectivity index (χ4n) is 3.95. The first-order valence-corrected chi connectivity index (χ1v) is 7.96. The average Bonchev–Trinajstić information content (AvgIpc) is 2.71. The van der Waals surface area contributed by atoms with Crippen LogP contribution in [0.25, 0.3) is 0 Å². The molecular formula is C18H27NO. The number of hydrogen-bond donors (Lipinski definition) is 1. The van der Waals surface area contributed by atoms with Gasteiger partial charge >= 0.3 is 0 Å². The van der Waals surface area contributed by atoms with Crippen molar-refractivity contribution >= 4 is 5.69 Å². The molecule has 0 radical (unpaired) electrons. The summed E-state index contributed by atoms with van der Waals surface area (Å²) in [6.07, 6.45) is 6.26. The standard InChI is InChI=1S/C18H27NO/c1-17(2)9-10-18(3,12-17)13-20-15-8-4-6-14-7-5-11-19-16(14)15/h4,6,8,19H,5,7,9-13H2,1-3H3. The first kappa shape index (κ1) is 13.8. The molecule has 0 aromatic heterocycles. The highest BCUT2D eigenvalue weighted by molar-refractivity contribution is 5.63. The number of ether oxygens (including phenoxy) is 1.